The minimum Gasteiger partial charge on any atom is -0.368 e. The summed E-state index contributed by atoms with van der Waals surface area (Å²) >= 11 is 7.86. The first kappa shape index (κ1) is 21.2. The molecule has 3 rings (SSSR count). The molecule has 0 radical (unpaired) electrons. The summed E-state index contributed by atoms with van der Waals surface area (Å²) in [5.74, 6) is 0.971. The van der Waals surface area contributed by atoms with E-state index in [1.807, 2.05) is 31.4 Å². The lowest BCUT2D eigenvalue weighted by molar-refractivity contribution is 0.373. The normalized spacial score (nSPS) is 15.0. The van der Waals surface area contributed by atoms with Crippen LogP contribution < -0.4 is 10.2 Å². The molecule has 2 aromatic rings. The van der Waals surface area contributed by atoms with Crippen LogP contribution in [-0.4, -0.2) is 55.6 Å². The minimum absolute atomic E-state index is 0. The second-order valence-electron chi connectivity index (χ2n) is 6.04. The van der Waals surface area contributed by atoms with Crippen molar-refractivity contribution >= 4 is 58.6 Å². The van der Waals surface area contributed by atoms with Crippen molar-refractivity contribution in [2.75, 3.05) is 44.7 Å². The van der Waals surface area contributed by atoms with Gasteiger partial charge in [0.25, 0.3) is 0 Å². The molecule has 0 atom stereocenters. The molecule has 1 N–H and O–H groups in total. The molecular weight excluding hydrogens is 481 g/mol. The van der Waals surface area contributed by atoms with Crippen LogP contribution >= 0.6 is 46.9 Å². The molecule has 142 valence electrons. The van der Waals surface area contributed by atoms with Gasteiger partial charge in [0.2, 0.25) is 0 Å². The van der Waals surface area contributed by atoms with E-state index in [2.05, 4.69) is 38.1 Å². The third kappa shape index (κ3) is 5.72. The molecule has 1 aromatic heterocycles. The van der Waals surface area contributed by atoms with Gasteiger partial charge in [-0.15, -0.1) is 35.3 Å². The highest BCUT2D eigenvalue weighted by Crippen LogP contribution is 2.20. The second kappa shape index (κ2) is 10.3. The molecule has 1 fully saturated rings. The van der Waals surface area contributed by atoms with Crippen LogP contribution in [0.15, 0.2) is 35.5 Å². The van der Waals surface area contributed by atoms with E-state index < -0.39 is 0 Å². The van der Waals surface area contributed by atoms with Crippen molar-refractivity contribution in [1.29, 1.82) is 0 Å². The van der Waals surface area contributed by atoms with Crippen LogP contribution in [0.1, 0.15) is 9.88 Å². The molecular formula is C18H25ClIN5S. The van der Waals surface area contributed by atoms with Gasteiger partial charge in [0.15, 0.2) is 5.96 Å². The first-order valence-corrected chi connectivity index (χ1v) is 9.72. The fraction of sp³-hybridized carbons (Fsp3) is 0.444. The maximum Gasteiger partial charge on any atom is 0.193 e. The van der Waals surface area contributed by atoms with E-state index in [-0.39, 0.29) is 24.0 Å². The van der Waals surface area contributed by atoms with Gasteiger partial charge in [-0.1, -0.05) is 17.7 Å². The van der Waals surface area contributed by atoms with E-state index in [1.54, 1.807) is 11.3 Å². The lowest BCUT2D eigenvalue weighted by atomic mass is 10.2. The highest BCUT2D eigenvalue weighted by molar-refractivity contribution is 14.0. The molecule has 5 nitrogen and oxygen atoms in total. The maximum atomic E-state index is 6.10. The number of aliphatic imine (C=N–C) groups is 1. The highest BCUT2D eigenvalue weighted by Gasteiger charge is 2.19. The summed E-state index contributed by atoms with van der Waals surface area (Å²) in [6.07, 6.45) is 2.86. The zero-order valence-electron chi connectivity index (χ0n) is 15.1. The van der Waals surface area contributed by atoms with Gasteiger partial charge in [-0.2, -0.15) is 0 Å². The number of benzene rings is 1. The molecule has 2 heterocycles. The minimum atomic E-state index is 0. The van der Waals surface area contributed by atoms with Crippen LogP contribution in [0.2, 0.25) is 5.02 Å². The van der Waals surface area contributed by atoms with Crippen LogP contribution in [-0.2, 0) is 6.42 Å². The molecule has 0 bridgehead atoms. The highest BCUT2D eigenvalue weighted by atomic mass is 127. The van der Waals surface area contributed by atoms with Crippen LogP contribution in [0.4, 0.5) is 5.69 Å². The number of rotatable bonds is 4. The number of nitrogens with zero attached hydrogens (tertiary/aromatic N) is 4. The molecule has 0 amide bonds. The zero-order chi connectivity index (χ0) is 17.6. The first-order chi connectivity index (χ1) is 12.2. The van der Waals surface area contributed by atoms with Crippen LogP contribution in [0, 0.1) is 6.92 Å². The van der Waals surface area contributed by atoms with E-state index in [9.17, 15) is 0 Å². The summed E-state index contributed by atoms with van der Waals surface area (Å²) < 4.78 is 0. The summed E-state index contributed by atoms with van der Waals surface area (Å²) in [5, 5.41) is 5.42. The molecule has 0 spiro atoms. The fourth-order valence-electron chi connectivity index (χ4n) is 2.98. The molecule has 0 aliphatic carbocycles. The van der Waals surface area contributed by atoms with Gasteiger partial charge in [0.05, 0.1) is 5.01 Å². The number of thiazole rings is 1. The molecule has 8 heteroatoms. The number of aromatic nitrogens is 1. The van der Waals surface area contributed by atoms with Crippen LogP contribution in [0.25, 0.3) is 0 Å². The van der Waals surface area contributed by atoms with Gasteiger partial charge in [-0.05, 0) is 25.1 Å². The number of nitrogens with one attached hydrogen (secondary N) is 1. The van der Waals surface area contributed by atoms with Crippen molar-refractivity contribution in [3.63, 3.8) is 0 Å². The van der Waals surface area contributed by atoms with Crippen molar-refractivity contribution in [3.8, 4) is 0 Å². The smallest absolute Gasteiger partial charge is 0.193 e. The molecule has 1 aliphatic rings. The van der Waals surface area contributed by atoms with Crippen molar-refractivity contribution in [1.82, 2.24) is 15.2 Å². The second-order valence-corrected chi connectivity index (χ2v) is 7.80. The number of halogens is 2. The summed E-state index contributed by atoms with van der Waals surface area (Å²) in [6.45, 7) is 6.77. The largest absolute Gasteiger partial charge is 0.368 e. The van der Waals surface area contributed by atoms with Crippen LogP contribution in [0.5, 0.6) is 0 Å². The third-order valence-electron chi connectivity index (χ3n) is 4.26. The molecule has 1 saturated heterocycles. The van der Waals surface area contributed by atoms with Gasteiger partial charge in [-0.3, -0.25) is 4.99 Å². The Kier molecular flexibility index (Phi) is 8.43. The number of hydrogen-bond acceptors (Lipinski definition) is 4. The van der Waals surface area contributed by atoms with E-state index >= 15 is 0 Å². The Morgan fingerprint density at radius 3 is 2.69 bits per heavy atom. The number of guanidine groups is 1. The van der Waals surface area contributed by atoms with Gasteiger partial charge in [0.1, 0.15) is 0 Å². The summed E-state index contributed by atoms with van der Waals surface area (Å²) in [6, 6.07) is 8.06. The van der Waals surface area contributed by atoms with Crippen molar-refractivity contribution in [2.45, 2.75) is 13.3 Å². The SMILES string of the molecule is CN=C(NCCc1ncc(C)s1)N1CCN(c2cccc(Cl)c2)CC1.I. The number of anilines is 1. The maximum absolute atomic E-state index is 6.10. The summed E-state index contributed by atoms with van der Waals surface area (Å²) in [4.78, 5) is 14.8. The Morgan fingerprint density at radius 2 is 2.08 bits per heavy atom. The Morgan fingerprint density at radius 1 is 1.31 bits per heavy atom. The number of piperazine rings is 1. The quantitative estimate of drug-likeness (QED) is 0.391. The predicted molar refractivity (Wildman–Crippen MR) is 123 cm³/mol. The van der Waals surface area contributed by atoms with Gasteiger partial charge in [-0.25, -0.2) is 4.98 Å². The van der Waals surface area contributed by atoms with E-state index in [4.69, 9.17) is 11.6 Å². The molecule has 0 unspecified atom stereocenters. The van der Waals surface area contributed by atoms with E-state index in [0.29, 0.717) is 0 Å². The van der Waals surface area contributed by atoms with E-state index in [0.717, 1.165) is 50.1 Å². The van der Waals surface area contributed by atoms with Crippen molar-refractivity contribution < 1.29 is 0 Å². The van der Waals surface area contributed by atoms with Crippen molar-refractivity contribution in [2.24, 2.45) is 4.99 Å². The predicted octanol–water partition coefficient (Wildman–Crippen LogP) is 3.66. The molecule has 0 saturated carbocycles. The van der Waals surface area contributed by atoms with Gasteiger partial charge >= 0.3 is 0 Å². The van der Waals surface area contributed by atoms with E-state index in [1.165, 1.54) is 15.6 Å². The molecule has 1 aliphatic heterocycles. The lowest BCUT2D eigenvalue weighted by Gasteiger charge is -2.37. The van der Waals surface area contributed by atoms with Crippen LogP contribution in [0.3, 0.4) is 0 Å². The standard InChI is InChI=1S/C18H24ClN5S.HI/c1-14-13-22-17(25-14)6-7-21-18(20-2)24-10-8-23(9-11-24)16-5-3-4-15(19)12-16;/h3-5,12-13H,6-11H2,1-2H3,(H,20,21);1H. The van der Waals surface area contributed by atoms with Gasteiger partial charge < -0.3 is 15.1 Å². The Bertz CT molecular complexity index is 728. The Labute approximate surface area is 181 Å². The molecule has 1 aromatic carbocycles. The average molecular weight is 506 g/mol. The topological polar surface area (TPSA) is 43.8 Å². The average Bonchev–Trinajstić information content (AvgIpc) is 3.04. The lowest BCUT2D eigenvalue weighted by Crippen LogP contribution is -2.52. The number of hydrogen-bond donors (Lipinski definition) is 1. The summed E-state index contributed by atoms with van der Waals surface area (Å²) in [7, 11) is 1.85. The van der Waals surface area contributed by atoms with Gasteiger partial charge in [0, 0.05) is 68.0 Å². The molecule has 26 heavy (non-hydrogen) atoms. The monoisotopic (exact) mass is 505 g/mol. The number of aryl methyl sites for hydroxylation is 1. The fourth-order valence-corrected chi connectivity index (χ4v) is 3.95. The van der Waals surface area contributed by atoms with Crippen molar-refractivity contribution in [3.05, 3.63) is 45.4 Å². The zero-order valence-corrected chi connectivity index (χ0v) is 19.0. The first-order valence-electron chi connectivity index (χ1n) is 8.53. The third-order valence-corrected chi connectivity index (χ3v) is 5.46. The Hall–Kier alpha value is -1.06. The summed E-state index contributed by atoms with van der Waals surface area (Å²) in [5.41, 5.74) is 1.19. The Balaban J connectivity index is 0.00000243.